The highest BCUT2D eigenvalue weighted by molar-refractivity contribution is 8.26. The standard InChI is InChI=1S/C21H19NO5S2/c1-26-15-9-8-14(17(12-15)27-2)11-18-19(23)22(21(28)29-18)16(20(24)25)10-13-6-4-3-5-7-13/h3-9,11-12,16H,10H2,1-2H3,(H,24,25)/b18-11+. The number of carbonyl (C=O) groups is 2. The van der Waals surface area contributed by atoms with Gasteiger partial charge in [-0.05, 0) is 23.8 Å². The molecule has 1 saturated heterocycles. The first-order valence-corrected chi connectivity index (χ1v) is 9.93. The second-order valence-electron chi connectivity index (χ2n) is 6.20. The second-order valence-corrected chi connectivity index (χ2v) is 7.88. The number of amides is 1. The highest BCUT2D eigenvalue weighted by atomic mass is 32.2. The molecule has 1 fully saturated rings. The number of ether oxygens (including phenoxy) is 2. The van der Waals surface area contributed by atoms with E-state index in [1.165, 1.54) is 12.0 Å². The summed E-state index contributed by atoms with van der Waals surface area (Å²) in [6, 6.07) is 13.3. The zero-order valence-electron chi connectivity index (χ0n) is 15.8. The van der Waals surface area contributed by atoms with E-state index >= 15 is 0 Å². The van der Waals surface area contributed by atoms with E-state index in [1.807, 2.05) is 30.3 Å². The SMILES string of the molecule is COc1ccc(/C=C2/SC(=S)N(C(Cc3ccccc3)C(=O)O)C2=O)c(OC)c1. The van der Waals surface area contributed by atoms with Crippen molar-refractivity contribution in [1.29, 1.82) is 0 Å². The van der Waals surface area contributed by atoms with Gasteiger partial charge in [-0.15, -0.1) is 0 Å². The van der Waals surface area contributed by atoms with Crippen LogP contribution in [0.5, 0.6) is 11.5 Å². The molecule has 3 rings (SSSR count). The van der Waals surface area contributed by atoms with Crippen LogP contribution in [-0.2, 0) is 16.0 Å². The molecule has 0 radical (unpaired) electrons. The molecular formula is C21H19NO5S2. The average molecular weight is 430 g/mol. The first kappa shape index (κ1) is 20.9. The maximum absolute atomic E-state index is 13.0. The number of carbonyl (C=O) groups excluding carboxylic acids is 1. The van der Waals surface area contributed by atoms with E-state index in [2.05, 4.69) is 0 Å². The minimum atomic E-state index is -1.10. The smallest absolute Gasteiger partial charge is 0.327 e. The Morgan fingerprint density at radius 2 is 1.93 bits per heavy atom. The fraction of sp³-hybridized carbons (Fsp3) is 0.190. The van der Waals surface area contributed by atoms with Crippen molar-refractivity contribution in [2.45, 2.75) is 12.5 Å². The lowest BCUT2D eigenvalue weighted by atomic mass is 10.0. The average Bonchev–Trinajstić information content (AvgIpc) is 3.00. The molecule has 150 valence electrons. The number of aliphatic carboxylic acids is 1. The van der Waals surface area contributed by atoms with E-state index in [-0.39, 0.29) is 10.7 Å². The van der Waals surface area contributed by atoms with Gasteiger partial charge in [0.25, 0.3) is 5.91 Å². The molecule has 0 aliphatic carbocycles. The molecule has 1 atom stereocenters. The summed E-state index contributed by atoms with van der Waals surface area (Å²) in [4.78, 5) is 26.4. The predicted molar refractivity (Wildman–Crippen MR) is 116 cm³/mol. The maximum atomic E-state index is 13.0. The maximum Gasteiger partial charge on any atom is 0.327 e. The van der Waals surface area contributed by atoms with Gasteiger partial charge in [-0.3, -0.25) is 9.69 Å². The number of thiocarbonyl (C=S) groups is 1. The lowest BCUT2D eigenvalue weighted by Gasteiger charge is -2.23. The largest absolute Gasteiger partial charge is 0.497 e. The third-order valence-electron chi connectivity index (χ3n) is 4.42. The molecule has 1 aliphatic heterocycles. The summed E-state index contributed by atoms with van der Waals surface area (Å²) in [6.07, 6.45) is 1.82. The molecule has 0 bridgehead atoms. The van der Waals surface area contributed by atoms with Crippen LogP contribution in [0.25, 0.3) is 6.08 Å². The summed E-state index contributed by atoms with van der Waals surface area (Å²) in [6.45, 7) is 0. The van der Waals surface area contributed by atoms with E-state index in [1.54, 1.807) is 31.4 Å². The number of benzene rings is 2. The quantitative estimate of drug-likeness (QED) is 0.532. The Kier molecular flexibility index (Phi) is 6.56. The molecule has 0 aromatic heterocycles. The van der Waals surface area contributed by atoms with Crippen molar-refractivity contribution in [2.75, 3.05) is 14.2 Å². The van der Waals surface area contributed by atoms with E-state index in [9.17, 15) is 14.7 Å². The highest BCUT2D eigenvalue weighted by Crippen LogP contribution is 2.36. The van der Waals surface area contributed by atoms with Gasteiger partial charge in [-0.25, -0.2) is 4.79 Å². The summed E-state index contributed by atoms with van der Waals surface area (Å²) >= 11 is 6.42. The number of rotatable bonds is 7. The number of hydrogen-bond acceptors (Lipinski definition) is 6. The predicted octanol–water partition coefficient (Wildman–Crippen LogP) is 3.60. The summed E-state index contributed by atoms with van der Waals surface area (Å²) < 4.78 is 10.8. The van der Waals surface area contributed by atoms with E-state index in [4.69, 9.17) is 21.7 Å². The molecule has 6 nitrogen and oxygen atoms in total. The van der Waals surface area contributed by atoms with Crippen molar-refractivity contribution >= 4 is 46.3 Å². The van der Waals surface area contributed by atoms with Crippen molar-refractivity contribution in [3.05, 3.63) is 64.6 Å². The minimum Gasteiger partial charge on any atom is -0.497 e. The number of hydrogen-bond donors (Lipinski definition) is 1. The van der Waals surface area contributed by atoms with Crippen molar-refractivity contribution < 1.29 is 24.2 Å². The Morgan fingerprint density at radius 3 is 2.55 bits per heavy atom. The van der Waals surface area contributed by atoms with Crippen LogP contribution in [0.2, 0.25) is 0 Å². The molecule has 0 spiro atoms. The molecule has 2 aromatic carbocycles. The summed E-state index contributed by atoms with van der Waals surface area (Å²) in [5, 5.41) is 9.73. The Balaban J connectivity index is 1.90. The number of carboxylic acid groups (broad SMARTS) is 1. The minimum absolute atomic E-state index is 0.168. The third kappa shape index (κ3) is 4.60. The van der Waals surface area contributed by atoms with Crippen LogP contribution >= 0.6 is 24.0 Å². The molecule has 1 N–H and O–H groups in total. The Morgan fingerprint density at radius 1 is 1.21 bits per heavy atom. The summed E-state index contributed by atoms with van der Waals surface area (Å²) in [7, 11) is 3.08. The molecular weight excluding hydrogens is 410 g/mol. The van der Waals surface area contributed by atoms with Gasteiger partial charge in [0.15, 0.2) is 0 Å². The highest BCUT2D eigenvalue weighted by Gasteiger charge is 2.40. The number of methoxy groups -OCH3 is 2. The Labute approximate surface area is 178 Å². The van der Waals surface area contributed by atoms with E-state index in [0.29, 0.717) is 22.0 Å². The van der Waals surface area contributed by atoms with Crippen LogP contribution in [0, 0.1) is 0 Å². The Hall–Kier alpha value is -2.84. The van der Waals surface area contributed by atoms with E-state index < -0.39 is 17.9 Å². The molecule has 8 heteroatoms. The van der Waals surface area contributed by atoms with Crippen molar-refractivity contribution in [2.24, 2.45) is 0 Å². The van der Waals surface area contributed by atoms with Crippen LogP contribution in [0.3, 0.4) is 0 Å². The van der Waals surface area contributed by atoms with Crippen molar-refractivity contribution in [1.82, 2.24) is 4.90 Å². The molecule has 1 unspecified atom stereocenters. The molecule has 1 aliphatic rings. The lowest BCUT2D eigenvalue weighted by Crippen LogP contribution is -2.45. The monoisotopic (exact) mass is 429 g/mol. The van der Waals surface area contributed by atoms with Gasteiger partial charge in [0, 0.05) is 18.1 Å². The van der Waals surface area contributed by atoms with Crippen LogP contribution in [0.1, 0.15) is 11.1 Å². The van der Waals surface area contributed by atoms with E-state index in [0.717, 1.165) is 17.3 Å². The van der Waals surface area contributed by atoms with Gasteiger partial charge >= 0.3 is 5.97 Å². The number of thioether (sulfide) groups is 1. The Bertz CT molecular complexity index is 974. The zero-order chi connectivity index (χ0) is 21.0. The van der Waals surface area contributed by atoms with Gasteiger partial charge in [-0.2, -0.15) is 0 Å². The van der Waals surface area contributed by atoms with Crippen LogP contribution in [0.4, 0.5) is 0 Å². The molecule has 0 saturated carbocycles. The second kappa shape index (κ2) is 9.11. The fourth-order valence-corrected chi connectivity index (χ4v) is 4.30. The zero-order valence-corrected chi connectivity index (χ0v) is 17.5. The summed E-state index contributed by atoms with van der Waals surface area (Å²) in [5.74, 6) is -0.372. The van der Waals surface area contributed by atoms with Gasteiger partial charge in [-0.1, -0.05) is 54.3 Å². The fourth-order valence-electron chi connectivity index (χ4n) is 2.95. The molecule has 1 heterocycles. The normalized spacial score (nSPS) is 16.2. The van der Waals surface area contributed by atoms with Crippen LogP contribution < -0.4 is 9.47 Å². The van der Waals surface area contributed by atoms with Crippen molar-refractivity contribution in [3.8, 4) is 11.5 Å². The molecule has 29 heavy (non-hydrogen) atoms. The van der Waals surface area contributed by atoms with Crippen molar-refractivity contribution in [3.63, 3.8) is 0 Å². The topological polar surface area (TPSA) is 76.1 Å². The summed E-state index contributed by atoms with van der Waals surface area (Å²) in [5.41, 5.74) is 1.48. The van der Waals surface area contributed by atoms with Gasteiger partial charge in [0.1, 0.15) is 21.9 Å². The van der Waals surface area contributed by atoms with Gasteiger partial charge in [0.05, 0.1) is 19.1 Å². The van der Waals surface area contributed by atoms with Crippen LogP contribution in [0.15, 0.2) is 53.4 Å². The van der Waals surface area contributed by atoms with Crippen LogP contribution in [-0.4, -0.2) is 46.5 Å². The number of carboxylic acids is 1. The lowest BCUT2D eigenvalue weighted by molar-refractivity contribution is -0.145. The van der Waals surface area contributed by atoms with Gasteiger partial charge in [0.2, 0.25) is 0 Å². The molecule has 1 amide bonds. The number of nitrogens with zero attached hydrogens (tertiary/aromatic N) is 1. The van der Waals surface area contributed by atoms with Gasteiger partial charge < -0.3 is 14.6 Å². The first-order valence-electron chi connectivity index (χ1n) is 8.70. The third-order valence-corrected chi connectivity index (χ3v) is 5.75. The molecule has 2 aromatic rings. The first-order chi connectivity index (χ1) is 13.9.